The van der Waals surface area contributed by atoms with Crippen molar-refractivity contribution in [2.75, 3.05) is 6.61 Å². The highest BCUT2D eigenvalue weighted by Crippen LogP contribution is 2.29. The first-order valence-corrected chi connectivity index (χ1v) is 6.72. The van der Waals surface area contributed by atoms with E-state index in [0.29, 0.717) is 18.5 Å². The molecule has 0 bridgehead atoms. The van der Waals surface area contributed by atoms with Crippen LogP contribution in [0, 0.1) is 6.92 Å². The van der Waals surface area contributed by atoms with Crippen molar-refractivity contribution in [2.24, 2.45) is 0 Å². The first-order chi connectivity index (χ1) is 9.49. The van der Waals surface area contributed by atoms with Crippen LogP contribution < -0.4 is 11.2 Å². The van der Waals surface area contributed by atoms with E-state index in [4.69, 9.17) is 9.84 Å². The molecule has 20 heavy (non-hydrogen) atoms. The van der Waals surface area contributed by atoms with E-state index in [1.807, 2.05) is 6.92 Å². The van der Waals surface area contributed by atoms with Gasteiger partial charge in [0.15, 0.2) is 0 Å². The van der Waals surface area contributed by atoms with Crippen LogP contribution in [0.15, 0.2) is 15.8 Å². The smallest absolute Gasteiger partial charge is 0.333 e. The zero-order valence-corrected chi connectivity index (χ0v) is 11.6. The molecular weight excluding hydrogens is 267 g/mol. The number of ether oxygens (including phenoxy) is 1. The average molecular weight is 286 g/mol. The second-order valence-electron chi connectivity index (χ2n) is 5.02. The molecule has 1 unspecified atom stereocenters. The van der Waals surface area contributed by atoms with Crippen molar-refractivity contribution in [1.82, 2.24) is 9.13 Å². The van der Waals surface area contributed by atoms with Crippen molar-refractivity contribution >= 4 is 0 Å². The van der Waals surface area contributed by atoms with Crippen LogP contribution in [0.1, 0.15) is 31.6 Å². The van der Waals surface area contributed by atoms with Gasteiger partial charge in [0.2, 0.25) is 0 Å². The van der Waals surface area contributed by atoms with Gasteiger partial charge < -0.3 is 9.84 Å². The molecule has 1 fully saturated rings. The van der Waals surface area contributed by atoms with Gasteiger partial charge in [-0.1, -0.05) is 6.92 Å². The van der Waals surface area contributed by atoms with Crippen molar-refractivity contribution in [3.8, 4) is 0 Å². The first kappa shape index (κ1) is 14.9. The largest absolute Gasteiger partial charge is 0.394 e. The number of aryl methyl sites for hydroxylation is 1. The zero-order chi connectivity index (χ0) is 14.9. The van der Waals surface area contributed by atoms with Crippen molar-refractivity contribution in [2.45, 2.75) is 51.7 Å². The lowest BCUT2D eigenvalue weighted by Crippen LogP contribution is -2.42. The zero-order valence-electron chi connectivity index (χ0n) is 11.6. The lowest BCUT2D eigenvalue weighted by atomic mass is 10.2. The van der Waals surface area contributed by atoms with Gasteiger partial charge in [-0.15, -0.1) is 0 Å². The SMILES string of the molecule is CCCn1c(=O)c(C)cn([C@H]2CC(F)[C@@H](CO)O2)c1=O. The van der Waals surface area contributed by atoms with Crippen LogP contribution in [0.2, 0.25) is 0 Å². The summed E-state index contributed by atoms with van der Waals surface area (Å²) >= 11 is 0. The van der Waals surface area contributed by atoms with Crippen LogP contribution in [0.3, 0.4) is 0 Å². The summed E-state index contributed by atoms with van der Waals surface area (Å²) in [6.07, 6.45) is -0.975. The van der Waals surface area contributed by atoms with Crippen molar-refractivity contribution in [1.29, 1.82) is 0 Å². The van der Waals surface area contributed by atoms with Gasteiger partial charge in [-0.25, -0.2) is 9.18 Å². The Balaban J connectivity index is 2.43. The quantitative estimate of drug-likeness (QED) is 0.866. The van der Waals surface area contributed by atoms with E-state index in [2.05, 4.69) is 0 Å². The summed E-state index contributed by atoms with van der Waals surface area (Å²) in [5.41, 5.74) is -0.427. The molecule has 0 aliphatic carbocycles. The van der Waals surface area contributed by atoms with E-state index < -0.39 is 30.8 Å². The minimum Gasteiger partial charge on any atom is -0.394 e. The van der Waals surface area contributed by atoms with Gasteiger partial charge in [-0.2, -0.15) is 0 Å². The number of nitrogens with zero attached hydrogens (tertiary/aromatic N) is 2. The molecule has 1 aromatic rings. The topological polar surface area (TPSA) is 73.5 Å². The average Bonchev–Trinajstić information content (AvgIpc) is 2.80. The Bertz CT molecular complexity index is 595. The lowest BCUT2D eigenvalue weighted by molar-refractivity contribution is -0.0362. The third-order valence-corrected chi connectivity index (χ3v) is 3.47. The molecule has 0 amide bonds. The minimum absolute atomic E-state index is 0.00506. The molecule has 0 radical (unpaired) electrons. The molecule has 1 aromatic heterocycles. The Morgan fingerprint density at radius 3 is 2.75 bits per heavy atom. The molecule has 2 heterocycles. The maximum absolute atomic E-state index is 13.6. The van der Waals surface area contributed by atoms with Gasteiger partial charge in [0, 0.05) is 24.7 Å². The Labute approximate surface area is 115 Å². The monoisotopic (exact) mass is 286 g/mol. The molecule has 6 nitrogen and oxygen atoms in total. The fourth-order valence-corrected chi connectivity index (χ4v) is 2.41. The maximum atomic E-state index is 13.6. The van der Waals surface area contributed by atoms with E-state index in [1.54, 1.807) is 6.92 Å². The van der Waals surface area contributed by atoms with Crippen LogP contribution in [0.25, 0.3) is 0 Å². The highest BCUT2D eigenvalue weighted by molar-refractivity contribution is 5.04. The molecule has 1 N–H and O–H groups in total. The molecule has 1 aliphatic heterocycles. The Morgan fingerprint density at radius 2 is 2.20 bits per heavy atom. The predicted molar refractivity (Wildman–Crippen MR) is 70.5 cm³/mol. The minimum atomic E-state index is -1.32. The number of rotatable bonds is 4. The fourth-order valence-electron chi connectivity index (χ4n) is 2.41. The maximum Gasteiger partial charge on any atom is 0.333 e. The number of aliphatic hydroxyl groups is 1. The third kappa shape index (κ3) is 2.55. The predicted octanol–water partition coefficient (Wildman–Crippen LogP) is 0.346. The number of halogens is 1. The highest BCUT2D eigenvalue weighted by atomic mass is 19.1. The molecule has 2 rings (SSSR count). The van der Waals surface area contributed by atoms with Crippen molar-refractivity contribution in [3.05, 3.63) is 32.6 Å². The second-order valence-corrected chi connectivity index (χ2v) is 5.02. The van der Waals surface area contributed by atoms with E-state index in [-0.39, 0.29) is 12.0 Å². The van der Waals surface area contributed by atoms with Gasteiger partial charge in [0.25, 0.3) is 5.56 Å². The summed E-state index contributed by atoms with van der Waals surface area (Å²) in [4.78, 5) is 24.2. The molecule has 3 atom stereocenters. The van der Waals surface area contributed by atoms with Crippen LogP contribution in [0.5, 0.6) is 0 Å². The third-order valence-electron chi connectivity index (χ3n) is 3.47. The fraction of sp³-hybridized carbons (Fsp3) is 0.692. The summed E-state index contributed by atoms with van der Waals surface area (Å²) in [6, 6.07) is 0. The van der Waals surface area contributed by atoms with Crippen LogP contribution in [-0.2, 0) is 11.3 Å². The van der Waals surface area contributed by atoms with Crippen LogP contribution in [-0.4, -0.2) is 33.1 Å². The van der Waals surface area contributed by atoms with Gasteiger partial charge in [-0.05, 0) is 13.3 Å². The van der Waals surface area contributed by atoms with E-state index >= 15 is 0 Å². The molecule has 0 saturated carbocycles. The van der Waals surface area contributed by atoms with E-state index in [0.717, 1.165) is 4.57 Å². The number of hydrogen-bond donors (Lipinski definition) is 1. The standard InChI is InChI=1S/C13H19FN2O4/c1-3-4-15-12(18)8(2)6-16(13(15)19)11-5-9(14)10(7-17)20-11/h6,9-11,17H,3-5,7H2,1-2H3/t9?,10-,11-/m1/s1. The molecule has 0 spiro atoms. The number of alkyl halides is 1. The van der Waals surface area contributed by atoms with Gasteiger partial charge in [0.05, 0.1) is 6.61 Å². The summed E-state index contributed by atoms with van der Waals surface area (Å²) in [7, 11) is 0. The number of aliphatic hydroxyl groups excluding tert-OH is 1. The summed E-state index contributed by atoms with van der Waals surface area (Å²) < 4.78 is 21.3. The molecule has 7 heteroatoms. The highest BCUT2D eigenvalue weighted by Gasteiger charge is 2.36. The Hall–Kier alpha value is -1.47. The van der Waals surface area contributed by atoms with Crippen LogP contribution >= 0.6 is 0 Å². The summed E-state index contributed by atoms with van der Waals surface area (Å²) in [6.45, 7) is 3.36. The summed E-state index contributed by atoms with van der Waals surface area (Å²) in [5.74, 6) is 0. The number of aromatic nitrogens is 2. The van der Waals surface area contributed by atoms with Gasteiger partial charge >= 0.3 is 5.69 Å². The molecule has 1 aliphatic rings. The first-order valence-electron chi connectivity index (χ1n) is 6.72. The Morgan fingerprint density at radius 1 is 1.50 bits per heavy atom. The Kier molecular flexibility index (Phi) is 4.39. The van der Waals surface area contributed by atoms with Crippen molar-refractivity contribution in [3.63, 3.8) is 0 Å². The van der Waals surface area contributed by atoms with E-state index in [1.165, 1.54) is 10.8 Å². The molecule has 0 aromatic carbocycles. The van der Waals surface area contributed by atoms with Crippen LogP contribution in [0.4, 0.5) is 4.39 Å². The lowest BCUT2D eigenvalue weighted by Gasteiger charge is -2.17. The van der Waals surface area contributed by atoms with Gasteiger partial charge in [-0.3, -0.25) is 13.9 Å². The molecular formula is C13H19FN2O4. The second kappa shape index (κ2) is 5.88. The van der Waals surface area contributed by atoms with E-state index in [9.17, 15) is 14.0 Å². The molecule has 112 valence electrons. The number of hydrogen-bond acceptors (Lipinski definition) is 4. The van der Waals surface area contributed by atoms with Crippen molar-refractivity contribution < 1.29 is 14.2 Å². The summed E-state index contributed by atoms with van der Waals surface area (Å²) in [5, 5.41) is 9.00. The molecule has 1 saturated heterocycles. The van der Waals surface area contributed by atoms with Gasteiger partial charge in [0.1, 0.15) is 18.5 Å². The normalized spacial score (nSPS) is 26.1.